The summed E-state index contributed by atoms with van der Waals surface area (Å²) in [6, 6.07) is 5.24. The van der Waals surface area contributed by atoms with Crippen molar-refractivity contribution in [3.8, 4) is 11.5 Å². The topological polar surface area (TPSA) is 67.2 Å². The van der Waals surface area contributed by atoms with Crippen molar-refractivity contribution in [2.45, 2.75) is 6.04 Å². The largest absolute Gasteiger partial charge is 0.497 e. The van der Waals surface area contributed by atoms with Crippen molar-refractivity contribution < 1.29 is 9.47 Å². The third-order valence-corrected chi connectivity index (χ3v) is 2.16. The highest BCUT2D eigenvalue weighted by Gasteiger charge is 2.23. The monoisotopic (exact) mass is 191 g/mol. The number of hydrogen-bond acceptors (Lipinski definition) is 3. The Morgan fingerprint density at radius 3 is 3.21 bits per heavy atom. The molecule has 0 amide bonds. The molecule has 5 heteroatoms. The fraction of sp³-hybridized carbons (Fsp3) is 0.333. The van der Waals surface area contributed by atoms with Crippen LogP contribution in [-0.4, -0.2) is 13.7 Å². The van der Waals surface area contributed by atoms with E-state index in [1.54, 1.807) is 7.11 Å². The molecule has 1 aromatic carbocycles. The number of azide groups is 1. The second-order valence-electron chi connectivity index (χ2n) is 2.94. The summed E-state index contributed by atoms with van der Waals surface area (Å²) in [5, 5.41) is 3.64. The number of fused-ring (bicyclic) bond motifs is 1. The number of nitrogens with zero attached hydrogens (tertiary/aromatic N) is 3. The summed E-state index contributed by atoms with van der Waals surface area (Å²) in [6.45, 7) is 0.409. The molecule has 1 heterocycles. The summed E-state index contributed by atoms with van der Waals surface area (Å²) >= 11 is 0. The van der Waals surface area contributed by atoms with Crippen LogP contribution in [0, 0.1) is 0 Å². The maximum Gasteiger partial charge on any atom is 0.123 e. The SMILES string of the molecule is COc1ccc2c(c1)[C@@H](N=[N+]=[N-])CO2. The number of rotatable bonds is 2. The molecule has 0 aliphatic carbocycles. The number of methoxy groups -OCH3 is 1. The highest BCUT2D eigenvalue weighted by atomic mass is 16.5. The van der Waals surface area contributed by atoms with Gasteiger partial charge in [0.1, 0.15) is 24.1 Å². The quantitative estimate of drug-likeness (QED) is 0.409. The second-order valence-corrected chi connectivity index (χ2v) is 2.94. The summed E-state index contributed by atoms with van der Waals surface area (Å²) in [5.74, 6) is 1.51. The van der Waals surface area contributed by atoms with E-state index in [1.807, 2.05) is 18.2 Å². The minimum atomic E-state index is -0.231. The first-order chi connectivity index (χ1) is 6.85. The summed E-state index contributed by atoms with van der Waals surface area (Å²) in [4.78, 5) is 2.78. The minimum Gasteiger partial charge on any atom is -0.497 e. The van der Waals surface area contributed by atoms with Gasteiger partial charge in [0, 0.05) is 10.5 Å². The number of benzene rings is 1. The Bertz CT molecular complexity index is 399. The number of hydrogen-bond donors (Lipinski definition) is 0. The van der Waals surface area contributed by atoms with Crippen molar-refractivity contribution in [3.05, 3.63) is 34.2 Å². The third-order valence-electron chi connectivity index (χ3n) is 2.16. The van der Waals surface area contributed by atoms with E-state index in [2.05, 4.69) is 10.0 Å². The van der Waals surface area contributed by atoms with E-state index in [4.69, 9.17) is 15.0 Å². The molecule has 0 saturated carbocycles. The molecule has 0 bridgehead atoms. The standard InChI is InChI=1S/C9H9N3O2/c1-13-6-2-3-9-7(4-6)8(5-14-9)11-12-10/h2-4,8H,5H2,1H3/t8-/m0/s1. The zero-order valence-corrected chi connectivity index (χ0v) is 7.67. The highest BCUT2D eigenvalue weighted by Crippen LogP contribution is 2.37. The molecule has 72 valence electrons. The van der Waals surface area contributed by atoms with Crippen LogP contribution in [-0.2, 0) is 0 Å². The second kappa shape index (κ2) is 3.47. The fourth-order valence-corrected chi connectivity index (χ4v) is 1.46. The third kappa shape index (κ3) is 1.34. The van der Waals surface area contributed by atoms with E-state index in [0.717, 1.165) is 17.1 Å². The van der Waals surface area contributed by atoms with Crippen molar-refractivity contribution in [2.24, 2.45) is 5.11 Å². The maximum atomic E-state index is 8.35. The highest BCUT2D eigenvalue weighted by molar-refractivity contribution is 5.44. The predicted octanol–water partition coefficient (Wildman–Crippen LogP) is 2.44. The van der Waals surface area contributed by atoms with Gasteiger partial charge in [-0.25, -0.2) is 0 Å². The van der Waals surface area contributed by atoms with Crippen LogP contribution >= 0.6 is 0 Å². The van der Waals surface area contributed by atoms with E-state index >= 15 is 0 Å². The fourth-order valence-electron chi connectivity index (χ4n) is 1.46. The van der Waals surface area contributed by atoms with Gasteiger partial charge in [-0.3, -0.25) is 0 Å². The van der Waals surface area contributed by atoms with Crippen LogP contribution in [0.25, 0.3) is 10.4 Å². The van der Waals surface area contributed by atoms with Crippen LogP contribution in [0.15, 0.2) is 23.3 Å². The average Bonchev–Trinajstić information content (AvgIpc) is 2.61. The molecule has 5 nitrogen and oxygen atoms in total. The molecular formula is C9H9N3O2. The lowest BCUT2D eigenvalue weighted by atomic mass is 10.1. The van der Waals surface area contributed by atoms with Gasteiger partial charge in [-0.05, 0) is 23.7 Å². The van der Waals surface area contributed by atoms with Gasteiger partial charge in [0.25, 0.3) is 0 Å². The molecule has 0 spiro atoms. The van der Waals surface area contributed by atoms with Crippen molar-refractivity contribution in [1.82, 2.24) is 0 Å². The van der Waals surface area contributed by atoms with Gasteiger partial charge in [-0.15, -0.1) is 0 Å². The van der Waals surface area contributed by atoms with Gasteiger partial charge in [-0.1, -0.05) is 5.11 Å². The summed E-state index contributed by atoms with van der Waals surface area (Å²) in [7, 11) is 1.60. The van der Waals surface area contributed by atoms with Crippen molar-refractivity contribution in [2.75, 3.05) is 13.7 Å². The Balaban J connectivity index is 2.41. The Hall–Kier alpha value is -1.87. The van der Waals surface area contributed by atoms with Crippen LogP contribution < -0.4 is 9.47 Å². The molecule has 1 aromatic rings. The van der Waals surface area contributed by atoms with Gasteiger partial charge in [0.15, 0.2) is 0 Å². The molecule has 1 atom stereocenters. The van der Waals surface area contributed by atoms with E-state index in [1.165, 1.54) is 0 Å². The van der Waals surface area contributed by atoms with Gasteiger partial charge in [0.2, 0.25) is 0 Å². The van der Waals surface area contributed by atoms with E-state index in [0.29, 0.717) is 6.61 Å². The molecule has 0 saturated heterocycles. The molecule has 1 aliphatic heterocycles. The molecule has 14 heavy (non-hydrogen) atoms. The molecule has 0 fully saturated rings. The van der Waals surface area contributed by atoms with Gasteiger partial charge in [0.05, 0.1) is 7.11 Å². The predicted molar refractivity (Wildman–Crippen MR) is 50.4 cm³/mol. The molecule has 0 N–H and O–H groups in total. The van der Waals surface area contributed by atoms with Gasteiger partial charge in [-0.2, -0.15) is 0 Å². The molecule has 0 unspecified atom stereocenters. The van der Waals surface area contributed by atoms with E-state index in [-0.39, 0.29) is 6.04 Å². The molecule has 2 rings (SSSR count). The van der Waals surface area contributed by atoms with Crippen molar-refractivity contribution >= 4 is 0 Å². The van der Waals surface area contributed by atoms with Crippen LogP contribution in [0.5, 0.6) is 11.5 Å². The van der Waals surface area contributed by atoms with Crippen LogP contribution in [0.2, 0.25) is 0 Å². The van der Waals surface area contributed by atoms with E-state index in [9.17, 15) is 0 Å². The normalized spacial score (nSPS) is 17.9. The van der Waals surface area contributed by atoms with Crippen LogP contribution in [0.4, 0.5) is 0 Å². The molecule has 1 aliphatic rings. The van der Waals surface area contributed by atoms with Gasteiger partial charge >= 0.3 is 0 Å². The Kier molecular flexibility index (Phi) is 2.16. The van der Waals surface area contributed by atoms with Crippen LogP contribution in [0.3, 0.4) is 0 Å². The first-order valence-electron chi connectivity index (χ1n) is 4.20. The van der Waals surface area contributed by atoms with E-state index < -0.39 is 0 Å². The lowest BCUT2D eigenvalue weighted by Crippen LogP contribution is -1.95. The molecule has 0 aromatic heterocycles. The Morgan fingerprint density at radius 2 is 2.50 bits per heavy atom. The minimum absolute atomic E-state index is 0.231. The Labute approximate surface area is 80.9 Å². The van der Waals surface area contributed by atoms with Crippen molar-refractivity contribution in [3.63, 3.8) is 0 Å². The molecule has 0 radical (unpaired) electrons. The van der Waals surface area contributed by atoms with Gasteiger partial charge < -0.3 is 9.47 Å². The lowest BCUT2D eigenvalue weighted by molar-refractivity contribution is 0.333. The van der Waals surface area contributed by atoms with Crippen molar-refractivity contribution in [1.29, 1.82) is 0 Å². The summed E-state index contributed by atoms with van der Waals surface area (Å²) in [5.41, 5.74) is 9.24. The smallest absolute Gasteiger partial charge is 0.123 e. The molecular weight excluding hydrogens is 182 g/mol. The average molecular weight is 191 g/mol. The lowest BCUT2D eigenvalue weighted by Gasteiger charge is -2.03. The maximum absolute atomic E-state index is 8.35. The zero-order chi connectivity index (χ0) is 9.97. The first-order valence-corrected chi connectivity index (χ1v) is 4.20. The number of ether oxygens (including phenoxy) is 2. The zero-order valence-electron chi connectivity index (χ0n) is 7.67. The summed E-state index contributed by atoms with van der Waals surface area (Å²) in [6.07, 6.45) is 0. The first kappa shape index (κ1) is 8.72. The summed E-state index contributed by atoms with van der Waals surface area (Å²) < 4.78 is 10.4. The van der Waals surface area contributed by atoms with Crippen LogP contribution in [0.1, 0.15) is 11.6 Å². The Morgan fingerprint density at radius 1 is 1.64 bits per heavy atom.